The van der Waals surface area contributed by atoms with E-state index in [1.54, 1.807) is 14.2 Å². The van der Waals surface area contributed by atoms with Gasteiger partial charge in [-0.2, -0.15) is 0 Å². The molecule has 0 aliphatic rings. The maximum absolute atomic E-state index is 5.42. The third kappa shape index (κ3) is 4.67. The minimum Gasteiger partial charge on any atom is -0.493 e. The van der Waals surface area contributed by atoms with Crippen LogP contribution in [0.4, 0.5) is 0 Å². The molecule has 0 fully saturated rings. The molecule has 94 valence electrons. The van der Waals surface area contributed by atoms with Gasteiger partial charge in [0.25, 0.3) is 0 Å². The third-order valence-electron chi connectivity index (χ3n) is 2.39. The summed E-state index contributed by atoms with van der Waals surface area (Å²) >= 11 is 5.42. The van der Waals surface area contributed by atoms with E-state index in [0.29, 0.717) is 0 Å². The summed E-state index contributed by atoms with van der Waals surface area (Å²) in [6.45, 7) is 1.69. The molecular weight excluding hydrogens is 238 g/mol. The fourth-order valence-electron chi connectivity index (χ4n) is 1.50. The van der Waals surface area contributed by atoms with Gasteiger partial charge >= 0.3 is 0 Å². The first kappa shape index (κ1) is 13.9. The van der Waals surface area contributed by atoms with Crippen LogP contribution in [0.1, 0.15) is 5.56 Å². The number of methoxy groups -OCH3 is 2. The summed E-state index contributed by atoms with van der Waals surface area (Å²) in [6, 6.07) is 5.96. The van der Waals surface area contributed by atoms with E-state index in [4.69, 9.17) is 21.1 Å². The first-order valence-electron chi connectivity index (χ1n) is 5.48. The van der Waals surface area contributed by atoms with Gasteiger partial charge < -0.3 is 14.8 Å². The van der Waals surface area contributed by atoms with Crippen LogP contribution in [0, 0.1) is 0 Å². The van der Waals surface area contributed by atoms with Crippen LogP contribution in [-0.4, -0.2) is 27.3 Å². The highest BCUT2D eigenvalue weighted by molar-refractivity contribution is 6.25. The van der Waals surface area contributed by atoms with Crippen LogP contribution >= 0.6 is 11.6 Å². The van der Waals surface area contributed by atoms with E-state index < -0.39 is 0 Å². The van der Waals surface area contributed by atoms with E-state index >= 15 is 0 Å². The number of halogens is 1. The lowest BCUT2D eigenvalue weighted by molar-refractivity contribution is 0.354. The predicted octanol–water partition coefficient (Wildman–Crippen LogP) is 2.59. The summed E-state index contributed by atoms with van der Waals surface area (Å²) in [5.74, 6) is 1.53. The quantitative estimate of drug-likeness (QED) is 0.760. The lowest BCUT2D eigenvalue weighted by Crippen LogP contribution is -2.16. The molecule has 0 saturated heterocycles. The first-order valence-corrected chi connectivity index (χ1v) is 5.92. The Balaban J connectivity index is 2.48. The van der Waals surface area contributed by atoms with E-state index in [9.17, 15) is 0 Å². The fraction of sp³-hybridized carbons (Fsp3) is 0.385. The van der Waals surface area contributed by atoms with Crippen molar-refractivity contribution in [3.63, 3.8) is 0 Å². The highest BCUT2D eigenvalue weighted by Gasteiger charge is 2.03. The molecule has 0 unspecified atom stereocenters. The van der Waals surface area contributed by atoms with Gasteiger partial charge in [0, 0.05) is 12.1 Å². The monoisotopic (exact) mass is 255 g/mol. The SMILES string of the molecule is COc1ccc(CCNC/C=C/Cl)cc1OC. The Kier molecular flexibility index (Phi) is 6.51. The number of hydrogen-bond donors (Lipinski definition) is 1. The fourth-order valence-corrected chi connectivity index (χ4v) is 1.59. The normalized spacial score (nSPS) is 10.8. The molecule has 0 saturated carbocycles. The summed E-state index contributed by atoms with van der Waals surface area (Å²) in [7, 11) is 3.28. The van der Waals surface area contributed by atoms with E-state index in [-0.39, 0.29) is 0 Å². The lowest BCUT2D eigenvalue weighted by Gasteiger charge is -2.09. The highest BCUT2D eigenvalue weighted by atomic mass is 35.5. The molecule has 0 radical (unpaired) electrons. The van der Waals surface area contributed by atoms with E-state index in [1.165, 1.54) is 11.1 Å². The van der Waals surface area contributed by atoms with Crippen LogP contribution in [0.15, 0.2) is 29.8 Å². The Bertz CT molecular complexity index is 366. The molecule has 0 amide bonds. The van der Waals surface area contributed by atoms with Gasteiger partial charge in [0.05, 0.1) is 14.2 Å². The van der Waals surface area contributed by atoms with Crippen molar-refractivity contribution >= 4 is 11.6 Å². The van der Waals surface area contributed by atoms with Gasteiger partial charge in [0.2, 0.25) is 0 Å². The maximum atomic E-state index is 5.42. The van der Waals surface area contributed by atoms with Crippen molar-refractivity contribution in [2.24, 2.45) is 0 Å². The Morgan fingerprint density at radius 3 is 2.65 bits per heavy atom. The standard InChI is InChI=1S/C13H18ClNO2/c1-16-12-5-4-11(10-13(12)17-2)6-9-15-8-3-7-14/h3-5,7,10,15H,6,8-9H2,1-2H3/b7-3+. The number of rotatable bonds is 7. The maximum Gasteiger partial charge on any atom is 0.160 e. The van der Waals surface area contributed by atoms with Crippen LogP contribution in [0.5, 0.6) is 11.5 Å². The molecule has 17 heavy (non-hydrogen) atoms. The summed E-state index contributed by atoms with van der Waals surface area (Å²) in [5, 5.41) is 3.26. The molecule has 1 rings (SSSR count). The first-order chi connectivity index (χ1) is 8.31. The second-order valence-electron chi connectivity index (χ2n) is 3.51. The zero-order chi connectivity index (χ0) is 12.5. The molecule has 0 aliphatic heterocycles. The minimum absolute atomic E-state index is 0.759. The Labute approximate surface area is 107 Å². The Morgan fingerprint density at radius 2 is 2.00 bits per heavy atom. The van der Waals surface area contributed by atoms with Crippen molar-refractivity contribution in [3.05, 3.63) is 35.4 Å². The lowest BCUT2D eigenvalue weighted by atomic mass is 10.1. The second kappa shape index (κ2) is 7.98. The van der Waals surface area contributed by atoms with E-state index in [2.05, 4.69) is 5.32 Å². The molecule has 0 bridgehead atoms. The molecular formula is C13H18ClNO2. The molecule has 0 atom stereocenters. The van der Waals surface area contributed by atoms with Crippen LogP contribution in [-0.2, 0) is 6.42 Å². The Hall–Kier alpha value is -1.19. The largest absolute Gasteiger partial charge is 0.493 e. The van der Waals surface area contributed by atoms with Crippen LogP contribution in [0.25, 0.3) is 0 Å². The van der Waals surface area contributed by atoms with Crippen LogP contribution in [0.3, 0.4) is 0 Å². The number of benzene rings is 1. The van der Waals surface area contributed by atoms with Crippen molar-refractivity contribution in [3.8, 4) is 11.5 Å². The van der Waals surface area contributed by atoms with Crippen molar-refractivity contribution in [2.75, 3.05) is 27.3 Å². The smallest absolute Gasteiger partial charge is 0.160 e. The van der Waals surface area contributed by atoms with Crippen molar-refractivity contribution in [1.29, 1.82) is 0 Å². The molecule has 0 aliphatic carbocycles. The second-order valence-corrected chi connectivity index (χ2v) is 3.76. The van der Waals surface area contributed by atoms with Gasteiger partial charge in [0.1, 0.15) is 0 Å². The third-order valence-corrected chi connectivity index (χ3v) is 2.57. The van der Waals surface area contributed by atoms with Gasteiger partial charge in [0.15, 0.2) is 11.5 Å². The zero-order valence-corrected chi connectivity index (χ0v) is 11.0. The van der Waals surface area contributed by atoms with Crippen LogP contribution in [0.2, 0.25) is 0 Å². The summed E-state index contributed by atoms with van der Waals surface area (Å²) in [5.41, 5.74) is 2.73. The van der Waals surface area contributed by atoms with Crippen LogP contribution < -0.4 is 14.8 Å². The summed E-state index contributed by atoms with van der Waals surface area (Å²) in [4.78, 5) is 0. The molecule has 1 N–H and O–H groups in total. The van der Waals surface area contributed by atoms with E-state index in [1.807, 2.05) is 24.3 Å². The number of ether oxygens (including phenoxy) is 2. The summed E-state index contributed by atoms with van der Waals surface area (Å²) in [6.07, 6.45) is 2.81. The molecule has 0 aromatic heterocycles. The molecule has 0 heterocycles. The molecule has 3 nitrogen and oxygen atoms in total. The number of hydrogen-bond acceptors (Lipinski definition) is 3. The predicted molar refractivity (Wildman–Crippen MR) is 71.1 cm³/mol. The van der Waals surface area contributed by atoms with Gasteiger partial charge in [-0.15, -0.1) is 0 Å². The number of nitrogens with one attached hydrogen (secondary N) is 1. The van der Waals surface area contributed by atoms with Gasteiger partial charge in [-0.05, 0) is 30.7 Å². The topological polar surface area (TPSA) is 30.5 Å². The average molecular weight is 256 g/mol. The molecule has 0 spiro atoms. The zero-order valence-electron chi connectivity index (χ0n) is 10.2. The van der Waals surface area contributed by atoms with Gasteiger partial charge in [-0.1, -0.05) is 23.7 Å². The summed E-state index contributed by atoms with van der Waals surface area (Å²) < 4.78 is 10.4. The van der Waals surface area contributed by atoms with Crippen molar-refractivity contribution < 1.29 is 9.47 Å². The minimum atomic E-state index is 0.759. The molecule has 1 aromatic rings. The Morgan fingerprint density at radius 1 is 1.24 bits per heavy atom. The van der Waals surface area contributed by atoms with Gasteiger partial charge in [-0.3, -0.25) is 0 Å². The molecule has 1 aromatic carbocycles. The van der Waals surface area contributed by atoms with E-state index in [0.717, 1.165) is 31.0 Å². The molecule has 4 heteroatoms. The van der Waals surface area contributed by atoms with Gasteiger partial charge in [-0.25, -0.2) is 0 Å². The highest BCUT2D eigenvalue weighted by Crippen LogP contribution is 2.27. The van der Waals surface area contributed by atoms with Crippen molar-refractivity contribution in [2.45, 2.75) is 6.42 Å². The van der Waals surface area contributed by atoms with Crippen molar-refractivity contribution in [1.82, 2.24) is 5.32 Å². The average Bonchev–Trinajstić information content (AvgIpc) is 2.38.